The fraction of sp³-hybridized carbons (Fsp3) is 0.308. The number of amides is 1. The normalized spacial score (nSPS) is 17.3. The van der Waals surface area contributed by atoms with Gasteiger partial charge in [0.25, 0.3) is 5.91 Å². The van der Waals surface area contributed by atoms with Gasteiger partial charge >= 0.3 is 5.97 Å². The summed E-state index contributed by atoms with van der Waals surface area (Å²) in [7, 11) is 0. The van der Waals surface area contributed by atoms with Crippen molar-refractivity contribution in [3.63, 3.8) is 0 Å². The highest BCUT2D eigenvalue weighted by atomic mass is 35.5. The second-order valence-electron chi connectivity index (χ2n) is 9.88. The summed E-state index contributed by atoms with van der Waals surface area (Å²) < 4.78 is 24.7. The molecular weight excluding hydrogens is 527 g/mol. The van der Waals surface area contributed by atoms with E-state index >= 15 is 0 Å². The van der Waals surface area contributed by atoms with E-state index < -0.39 is 11.7 Å². The molecule has 13 heteroatoms. The number of aromatic nitrogens is 7. The van der Waals surface area contributed by atoms with Gasteiger partial charge in [0, 0.05) is 24.2 Å². The summed E-state index contributed by atoms with van der Waals surface area (Å²) in [6, 6.07) is 3.53. The number of cyclic esters (lactones) is 1. The number of carbonyl (C=O) groups excluding carboxylic acids is 2. The maximum absolute atomic E-state index is 14.5. The van der Waals surface area contributed by atoms with Crippen molar-refractivity contribution in [1.82, 2.24) is 39.1 Å². The third-order valence-corrected chi connectivity index (χ3v) is 7.48. The van der Waals surface area contributed by atoms with E-state index in [0.29, 0.717) is 30.3 Å². The van der Waals surface area contributed by atoms with Crippen LogP contribution in [-0.4, -0.2) is 52.2 Å². The SMILES string of the molecule is O=C(NCc1ncn2ccc(Cl)c(F)c12)c1cn(Cc2cn3cc(C4CC4)cc(C4CCOC4=O)c3n2)nn1. The number of halogens is 2. The molecule has 39 heavy (non-hydrogen) atoms. The number of hydrogen-bond donors (Lipinski definition) is 1. The minimum Gasteiger partial charge on any atom is -0.465 e. The number of pyridine rings is 2. The van der Waals surface area contributed by atoms with Crippen molar-refractivity contribution in [2.45, 2.75) is 44.2 Å². The Kier molecular flexibility index (Phi) is 5.58. The molecule has 2 aliphatic rings. The molecule has 6 heterocycles. The van der Waals surface area contributed by atoms with Crippen molar-refractivity contribution in [3.05, 3.63) is 82.3 Å². The van der Waals surface area contributed by atoms with Gasteiger partial charge in [-0.25, -0.2) is 19.0 Å². The average molecular weight is 549 g/mol. The summed E-state index contributed by atoms with van der Waals surface area (Å²) in [5.41, 5.74) is 4.16. The number of carbonyl (C=O) groups is 2. The zero-order chi connectivity index (χ0) is 26.7. The smallest absolute Gasteiger partial charge is 0.313 e. The Bertz CT molecular complexity index is 1770. The van der Waals surface area contributed by atoms with Gasteiger partial charge in [-0.3, -0.25) is 9.59 Å². The molecule has 0 bridgehead atoms. The third-order valence-electron chi connectivity index (χ3n) is 7.19. The van der Waals surface area contributed by atoms with Gasteiger partial charge in [0.05, 0.1) is 54.5 Å². The molecule has 0 radical (unpaired) electrons. The quantitative estimate of drug-likeness (QED) is 0.310. The number of fused-ring (bicyclic) bond motifs is 2. The molecule has 1 amide bonds. The predicted molar refractivity (Wildman–Crippen MR) is 136 cm³/mol. The summed E-state index contributed by atoms with van der Waals surface area (Å²) >= 11 is 5.89. The summed E-state index contributed by atoms with van der Waals surface area (Å²) in [6.07, 6.45) is 11.5. The fourth-order valence-corrected chi connectivity index (χ4v) is 5.21. The van der Waals surface area contributed by atoms with E-state index in [9.17, 15) is 14.0 Å². The first-order valence-corrected chi connectivity index (χ1v) is 13.0. The Morgan fingerprint density at radius 2 is 2.08 bits per heavy atom. The summed E-state index contributed by atoms with van der Waals surface area (Å²) in [6.45, 7) is 0.687. The monoisotopic (exact) mass is 548 g/mol. The van der Waals surface area contributed by atoms with Crippen LogP contribution in [-0.2, 0) is 22.6 Å². The van der Waals surface area contributed by atoms with Crippen LogP contribution < -0.4 is 5.32 Å². The van der Waals surface area contributed by atoms with E-state index in [1.165, 1.54) is 33.2 Å². The highest BCUT2D eigenvalue weighted by Crippen LogP contribution is 2.42. The Hall–Kier alpha value is -4.32. The fourth-order valence-electron chi connectivity index (χ4n) is 5.06. The van der Waals surface area contributed by atoms with Gasteiger partial charge in [-0.1, -0.05) is 16.8 Å². The molecule has 1 aliphatic heterocycles. The van der Waals surface area contributed by atoms with E-state index in [-0.39, 0.29) is 41.2 Å². The number of ether oxygens (including phenoxy) is 1. The lowest BCUT2D eigenvalue weighted by Crippen LogP contribution is -2.23. The Morgan fingerprint density at radius 1 is 1.21 bits per heavy atom. The van der Waals surface area contributed by atoms with E-state index in [4.69, 9.17) is 21.3 Å². The van der Waals surface area contributed by atoms with Gasteiger partial charge in [-0.15, -0.1) is 5.10 Å². The molecule has 1 unspecified atom stereocenters. The number of imidazole rings is 2. The van der Waals surface area contributed by atoms with Crippen LogP contribution in [0.4, 0.5) is 4.39 Å². The van der Waals surface area contributed by atoms with E-state index in [2.05, 4.69) is 32.9 Å². The molecule has 11 nitrogen and oxygen atoms in total. The lowest BCUT2D eigenvalue weighted by Gasteiger charge is -2.10. The maximum Gasteiger partial charge on any atom is 0.313 e. The van der Waals surface area contributed by atoms with Gasteiger partial charge in [0.1, 0.15) is 11.2 Å². The zero-order valence-corrected chi connectivity index (χ0v) is 21.3. The molecule has 0 aromatic carbocycles. The molecule has 2 fully saturated rings. The Morgan fingerprint density at radius 3 is 2.87 bits per heavy atom. The molecule has 1 N–H and O–H groups in total. The van der Waals surface area contributed by atoms with Crippen LogP contribution in [0.25, 0.3) is 11.2 Å². The van der Waals surface area contributed by atoms with Gasteiger partial charge in [-0.05, 0) is 42.9 Å². The van der Waals surface area contributed by atoms with E-state index in [0.717, 1.165) is 24.1 Å². The third kappa shape index (κ3) is 4.30. The lowest BCUT2D eigenvalue weighted by molar-refractivity contribution is -0.139. The first-order chi connectivity index (χ1) is 18.9. The van der Waals surface area contributed by atoms with Crippen LogP contribution in [0.1, 0.15) is 64.1 Å². The minimum atomic E-state index is -0.600. The van der Waals surface area contributed by atoms with Crippen molar-refractivity contribution >= 4 is 34.6 Å². The number of nitrogens with one attached hydrogen (secondary N) is 1. The Balaban J connectivity index is 1.09. The lowest BCUT2D eigenvalue weighted by atomic mass is 9.96. The first kappa shape index (κ1) is 23.8. The van der Waals surface area contributed by atoms with Crippen molar-refractivity contribution < 1.29 is 18.7 Å². The summed E-state index contributed by atoms with van der Waals surface area (Å²) in [5.74, 6) is -1.09. The van der Waals surface area contributed by atoms with Gasteiger partial charge in [0.15, 0.2) is 11.5 Å². The molecule has 7 rings (SSSR count). The molecule has 1 aliphatic carbocycles. The largest absolute Gasteiger partial charge is 0.465 e. The van der Waals surface area contributed by atoms with Crippen molar-refractivity contribution in [1.29, 1.82) is 0 Å². The summed E-state index contributed by atoms with van der Waals surface area (Å²) in [4.78, 5) is 34.0. The number of esters is 1. The van der Waals surface area contributed by atoms with Gasteiger partial charge in [-0.2, -0.15) is 0 Å². The number of hydrogen-bond acceptors (Lipinski definition) is 7. The minimum absolute atomic E-state index is 0.0123. The molecule has 5 aromatic rings. The maximum atomic E-state index is 14.5. The second kappa shape index (κ2) is 9.16. The Labute approximate surface area is 225 Å². The van der Waals surface area contributed by atoms with Crippen LogP contribution >= 0.6 is 11.6 Å². The molecule has 1 saturated heterocycles. The van der Waals surface area contributed by atoms with Crippen molar-refractivity contribution in [3.8, 4) is 0 Å². The van der Waals surface area contributed by atoms with Crippen LogP contribution in [0.2, 0.25) is 5.02 Å². The van der Waals surface area contributed by atoms with Crippen LogP contribution in [0, 0.1) is 5.82 Å². The molecule has 5 aromatic heterocycles. The van der Waals surface area contributed by atoms with Crippen LogP contribution in [0.15, 0.2) is 43.2 Å². The van der Waals surface area contributed by atoms with Crippen molar-refractivity contribution in [2.24, 2.45) is 0 Å². The molecular formula is C26H22ClFN8O3. The van der Waals surface area contributed by atoms with Gasteiger partial charge < -0.3 is 18.9 Å². The van der Waals surface area contributed by atoms with E-state index in [1.54, 1.807) is 6.20 Å². The number of rotatable bonds is 7. The highest BCUT2D eigenvalue weighted by Gasteiger charge is 2.33. The molecule has 1 atom stereocenters. The molecule has 0 spiro atoms. The van der Waals surface area contributed by atoms with E-state index in [1.807, 2.05) is 10.6 Å². The van der Waals surface area contributed by atoms with Crippen LogP contribution in [0.3, 0.4) is 0 Å². The van der Waals surface area contributed by atoms with Crippen molar-refractivity contribution in [2.75, 3.05) is 6.61 Å². The average Bonchev–Trinajstić information content (AvgIpc) is 3.26. The topological polar surface area (TPSA) is 121 Å². The standard InChI is InChI=1S/C26H22ClFN8O3/c27-19-3-5-34-13-30-20(23(34)22(19)28)8-29-25(37)21-12-36(33-32-21)11-16-10-35-9-15(14-1-2-14)7-18(24(35)31-16)17-4-6-39-26(17)38/h3,5,7,9-10,12-14,17H,1-2,4,6,8,11H2,(H,29,37). The first-order valence-electron chi connectivity index (χ1n) is 12.6. The summed E-state index contributed by atoms with van der Waals surface area (Å²) in [5, 5.41) is 10.7. The molecule has 198 valence electrons. The highest BCUT2D eigenvalue weighted by molar-refractivity contribution is 6.31. The van der Waals surface area contributed by atoms with Crippen LogP contribution in [0.5, 0.6) is 0 Å². The number of nitrogens with zero attached hydrogens (tertiary/aromatic N) is 7. The van der Waals surface area contributed by atoms with Gasteiger partial charge in [0.2, 0.25) is 0 Å². The molecule has 1 saturated carbocycles. The zero-order valence-electron chi connectivity index (χ0n) is 20.5. The second-order valence-corrected chi connectivity index (χ2v) is 10.3. The predicted octanol–water partition coefficient (Wildman–Crippen LogP) is 3.25.